The van der Waals surface area contributed by atoms with Crippen LogP contribution in [-0.4, -0.2) is 16.5 Å². The highest BCUT2D eigenvalue weighted by molar-refractivity contribution is 8.77. The number of carbonyl (C=O) groups excluding carboxylic acids is 1. The molecule has 0 bridgehead atoms. The summed E-state index contributed by atoms with van der Waals surface area (Å²) in [6.07, 6.45) is 0. The molecule has 0 aromatic heterocycles. The lowest BCUT2D eigenvalue weighted by molar-refractivity contribution is -0.109. The topological polar surface area (TPSA) is 17.1 Å². The standard InChI is InChI=1S/C3H2ClF3OS2/c4-2(8)1-9-10-3(5,6)7/h1H2. The number of hydrogen-bond acceptors (Lipinski definition) is 3. The number of halogens is 4. The quantitative estimate of drug-likeness (QED) is 0.527. The molecule has 60 valence electrons. The van der Waals surface area contributed by atoms with Gasteiger partial charge in [0.2, 0.25) is 5.24 Å². The molecule has 0 aromatic carbocycles. The molecule has 0 aliphatic carbocycles. The van der Waals surface area contributed by atoms with E-state index in [1.807, 2.05) is 0 Å². The Balaban J connectivity index is 3.29. The van der Waals surface area contributed by atoms with E-state index in [-0.39, 0.29) is 16.5 Å². The normalized spacial score (nSPS) is 11.6. The molecular formula is C3H2ClF3OS2. The van der Waals surface area contributed by atoms with Crippen LogP contribution in [0, 0.1) is 0 Å². The van der Waals surface area contributed by atoms with Crippen molar-refractivity contribution in [1.29, 1.82) is 0 Å². The van der Waals surface area contributed by atoms with Crippen LogP contribution in [0.2, 0.25) is 0 Å². The number of rotatable bonds is 3. The fraction of sp³-hybridized carbons (Fsp3) is 0.667. The van der Waals surface area contributed by atoms with Crippen LogP contribution in [0.15, 0.2) is 0 Å². The molecule has 7 heteroatoms. The van der Waals surface area contributed by atoms with E-state index in [1.165, 1.54) is 0 Å². The minimum Gasteiger partial charge on any atom is -0.280 e. The monoisotopic (exact) mass is 210 g/mol. The predicted molar refractivity (Wildman–Crippen MR) is 37.0 cm³/mol. The first-order valence-electron chi connectivity index (χ1n) is 1.97. The zero-order valence-electron chi connectivity index (χ0n) is 4.44. The zero-order chi connectivity index (χ0) is 8.20. The van der Waals surface area contributed by atoms with Crippen molar-refractivity contribution in [1.82, 2.24) is 0 Å². The largest absolute Gasteiger partial charge is 0.452 e. The summed E-state index contributed by atoms with van der Waals surface area (Å²) >= 11 is 4.77. The van der Waals surface area contributed by atoms with Gasteiger partial charge < -0.3 is 0 Å². The molecule has 0 aliphatic heterocycles. The van der Waals surface area contributed by atoms with E-state index in [9.17, 15) is 18.0 Å². The minimum atomic E-state index is -4.29. The van der Waals surface area contributed by atoms with Crippen LogP contribution in [-0.2, 0) is 4.79 Å². The van der Waals surface area contributed by atoms with Gasteiger partial charge in [-0.1, -0.05) is 10.8 Å². The summed E-state index contributed by atoms with van der Waals surface area (Å²) in [5.41, 5.74) is -4.29. The summed E-state index contributed by atoms with van der Waals surface area (Å²) in [6, 6.07) is 0. The second-order valence-electron chi connectivity index (χ2n) is 1.15. The van der Waals surface area contributed by atoms with Gasteiger partial charge in [0, 0.05) is 10.8 Å². The van der Waals surface area contributed by atoms with Gasteiger partial charge in [0.15, 0.2) is 0 Å². The Bertz CT molecular complexity index is 125. The van der Waals surface area contributed by atoms with Crippen LogP contribution in [0.1, 0.15) is 0 Å². The van der Waals surface area contributed by atoms with Gasteiger partial charge in [-0.15, -0.1) is 0 Å². The Labute approximate surface area is 68.1 Å². The molecule has 0 fully saturated rings. The van der Waals surface area contributed by atoms with Crippen molar-refractivity contribution in [2.45, 2.75) is 5.51 Å². The third-order valence-electron chi connectivity index (χ3n) is 0.326. The second-order valence-corrected chi connectivity index (χ2v) is 3.93. The van der Waals surface area contributed by atoms with Crippen molar-refractivity contribution < 1.29 is 18.0 Å². The summed E-state index contributed by atoms with van der Waals surface area (Å²) in [4.78, 5) is 9.89. The van der Waals surface area contributed by atoms with Crippen molar-refractivity contribution >= 4 is 38.4 Å². The van der Waals surface area contributed by atoms with Gasteiger partial charge in [0.05, 0.1) is 5.75 Å². The lowest BCUT2D eigenvalue weighted by Gasteiger charge is -2.00. The van der Waals surface area contributed by atoms with E-state index in [0.717, 1.165) is 0 Å². The van der Waals surface area contributed by atoms with E-state index >= 15 is 0 Å². The van der Waals surface area contributed by atoms with Gasteiger partial charge in [0.1, 0.15) is 0 Å². The van der Waals surface area contributed by atoms with Crippen LogP contribution in [0.5, 0.6) is 0 Å². The van der Waals surface area contributed by atoms with Gasteiger partial charge in [-0.3, -0.25) is 4.79 Å². The highest BCUT2D eigenvalue weighted by Crippen LogP contribution is 2.39. The van der Waals surface area contributed by atoms with E-state index in [4.69, 9.17) is 11.6 Å². The summed E-state index contributed by atoms with van der Waals surface area (Å²) in [5, 5.41) is -0.776. The Kier molecular flexibility index (Phi) is 4.55. The average Bonchev–Trinajstić information content (AvgIpc) is 1.59. The van der Waals surface area contributed by atoms with E-state index in [0.29, 0.717) is 10.8 Å². The molecule has 0 saturated heterocycles. The lowest BCUT2D eigenvalue weighted by atomic mass is 10.9. The average molecular weight is 211 g/mol. The van der Waals surface area contributed by atoms with Gasteiger partial charge in [0.25, 0.3) is 0 Å². The molecule has 0 rings (SSSR count). The van der Waals surface area contributed by atoms with Crippen molar-refractivity contribution in [3.05, 3.63) is 0 Å². The molecule has 0 aromatic rings. The molecule has 0 heterocycles. The highest BCUT2D eigenvalue weighted by Gasteiger charge is 2.28. The molecule has 0 amide bonds. The highest BCUT2D eigenvalue weighted by atomic mass is 35.5. The fourth-order valence-electron chi connectivity index (χ4n) is 0.143. The number of carbonyl (C=O) groups is 1. The molecule has 0 unspecified atom stereocenters. The third kappa shape index (κ3) is 8.45. The van der Waals surface area contributed by atoms with Crippen molar-refractivity contribution in [2.24, 2.45) is 0 Å². The summed E-state index contributed by atoms with van der Waals surface area (Å²) in [7, 11) is 0.0518. The van der Waals surface area contributed by atoms with E-state index in [2.05, 4.69) is 0 Å². The Morgan fingerprint density at radius 2 is 2.00 bits per heavy atom. The summed E-state index contributed by atoms with van der Waals surface area (Å²) in [5.74, 6) is -0.328. The lowest BCUT2D eigenvalue weighted by Crippen LogP contribution is -1.98. The number of hydrogen-bond donors (Lipinski definition) is 0. The summed E-state index contributed by atoms with van der Waals surface area (Å²) in [6.45, 7) is 0. The first kappa shape index (κ1) is 10.4. The molecule has 0 radical (unpaired) electrons. The van der Waals surface area contributed by atoms with E-state index < -0.39 is 10.8 Å². The molecule has 0 N–H and O–H groups in total. The molecule has 0 aliphatic rings. The predicted octanol–water partition coefficient (Wildman–Crippen LogP) is 2.65. The maximum absolute atomic E-state index is 11.3. The maximum Gasteiger partial charge on any atom is 0.452 e. The fourth-order valence-corrected chi connectivity index (χ4v) is 1.68. The second kappa shape index (κ2) is 4.35. The van der Waals surface area contributed by atoms with Gasteiger partial charge in [-0.2, -0.15) is 13.2 Å². The molecule has 0 spiro atoms. The Morgan fingerprint density at radius 1 is 1.50 bits per heavy atom. The van der Waals surface area contributed by atoms with Crippen molar-refractivity contribution in [2.75, 3.05) is 5.75 Å². The number of alkyl halides is 3. The van der Waals surface area contributed by atoms with Crippen LogP contribution in [0.4, 0.5) is 13.2 Å². The Hall–Kier alpha value is 0.450. The smallest absolute Gasteiger partial charge is 0.280 e. The van der Waals surface area contributed by atoms with Crippen molar-refractivity contribution in [3.63, 3.8) is 0 Å². The van der Waals surface area contributed by atoms with Crippen LogP contribution < -0.4 is 0 Å². The maximum atomic E-state index is 11.3. The summed E-state index contributed by atoms with van der Waals surface area (Å²) < 4.78 is 33.9. The van der Waals surface area contributed by atoms with Crippen LogP contribution >= 0.6 is 33.2 Å². The van der Waals surface area contributed by atoms with Gasteiger partial charge in [-0.25, -0.2) is 0 Å². The first-order valence-corrected chi connectivity index (χ1v) is 4.67. The third-order valence-corrected chi connectivity index (χ3v) is 2.58. The van der Waals surface area contributed by atoms with Gasteiger partial charge >= 0.3 is 5.51 Å². The molecule has 0 atom stereocenters. The molecule has 0 saturated carbocycles. The van der Waals surface area contributed by atoms with Gasteiger partial charge in [-0.05, 0) is 11.6 Å². The van der Waals surface area contributed by atoms with Crippen LogP contribution in [0.3, 0.4) is 0 Å². The molecule has 1 nitrogen and oxygen atoms in total. The zero-order valence-corrected chi connectivity index (χ0v) is 6.83. The van der Waals surface area contributed by atoms with Crippen LogP contribution in [0.25, 0.3) is 0 Å². The van der Waals surface area contributed by atoms with Crippen molar-refractivity contribution in [3.8, 4) is 0 Å². The Morgan fingerprint density at radius 3 is 2.30 bits per heavy atom. The molecular weight excluding hydrogens is 209 g/mol. The SMILES string of the molecule is O=C(Cl)CSSC(F)(F)F. The first-order chi connectivity index (χ1) is 4.42. The van der Waals surface area contributed by atoms with E-state index in [1.54, 1.807) is 0 Å². The molecule has 10 heavy (non-hydrogen) atoms. The minimum absolute atomic E-state index is 0.327.